The Labute approximate surface area is 91.0 Å². The van der Waals surface area contributed by atoms with Crippen molar-refractivity contribution in [2.45, 2.75) is 33.2 Å². The molecule has 15 heavy (non-hydrogen) atoms. The van der Waals surface area contributed by atoms with Crippen molar-refractivity contribution >= 4 is 11.9 Å². The number of carbonyl (C=O) groups excluding carboxylic acids is 2. The average molecular weight is 215 g/mol. The van der Waals surface area contributed by atoms with Gasteiger partial charge in [0.1, 0.15) is 0 Å². The van der Waals surface area contributed by atoms with Crippen LogP contribution in [0, 0.1) is 5.92 Å². The van der Waals surface area contributed by atoms with Crippen LogP contribution in [0.3, 0.4) is 0 Å². The molecule has 0 fully saturated rings. The molecule has 5 heteroatoms. The third-order valence-corrected chi connectivity index (χ3v) is 2.03. The Kier molecular flexibility index (Phi) is 6.70. The van der Waals surface area contributed by atoms with E-state index in [1.165, 1.54) is 7.05 Å². The van der Waals surface area contributed by atoms with Crippen LogP contribution in [0.25, 0.3) is 0 Å². The van der Waals surface area contributed by atoms with E-state index in [1.54, 1.807) is 6.92 Å². The van der Waals surface area contributed by atoms with Gasteiger partial charge in [-0.3, -0.25) is 10.1 Å². The lowest BCUT2D eigenvalue weighted by atomic mass is 10.1. The first-order chi connectivity index (χ1) is 6.97. The van der Waals surface area contributed by atoms with E-state index in [0.29, 0.717) is 5.92 Å². The van der Waals surface area contributed by atoms with E-state index in [-0.39, 0.29) is 11.9 Å². The SMILES string of the molecule is CNC(=O)NC(=O)C(C)NCCC(C)C. The summed E-state index contributed by atoms with van der Waals surface area (Å²) in [5, 5.41) is 7.59. The van der Waals surface area contributed by atoms with E-state index in [4.69, 9.17) is 0 Å². The van der Waals surface area contributed by atoms with Gasteiger partial charge in [0.2, 0.25) is 5.91 Å². The fourth-order valence-electron chi connectivity index (χ4n) is 0.964. The van der Waals surface area contributed by atoms with Crippen molar-refractivity contribution in [1.82, 2.24) is 16.0 Å². The maximum absolute atomic E-state index is 11.4. The molecule has 0 aliphatic heterocycles. The van der Waals surface area contributed by atoms with Gasteiger partial charge in [-0.25, -0.2) is 4.79 Å². The van der Waals surface area contributed by atoms with Crippen molar-refractivity contribution in [2.24, 2.45) is 5.92 Å². The zero-order valence-electron chi connectivity index (χ0n) is 9.89. The normalized spacial score (nSPS) is 12.3. The van der Waals surface area contributed by atoms with Crippen LogP contribution in [0.2, 0.25) is 0 Å². The Morgan fingerprint density at radius 1 is 1.20 bits per heavy atom. The summed E-state index contributed by atoms with van der Waals surface area (Å²) in [6, 6.07) is -0.821. The highest BCUT2D eigenvalue weighted by Gasteiger charge is 2.13. The van der Waals surface area contributed by atoms with E-state index in [0.717, 1.165) is 13.0 Å². The molecule has 0 aliphatic rings. The lowest BCUT2D eigenvalue weighted by Crippen LogP contribution is -2.47. The van der Waals surface area contributed by atoms with Gasteiger partial charge < -0.3 is 10.6 Å². The standard InChI is InChI=1S/C10H21N3O2/c1-7(2)5-6-12-8(3)9(14)13-10(15)11-4/h7-8,12H,5-6H2,1-4H3,(H2,11,13,14,15). The quantitative estimate of drug-likeness (QED) is 0.624. The molecule has 3 N–H and O–H groups in total. The predicted molar refractivity (Wildman–Crippen MR) is 59.5 cm³/mol. The van der Waals surface area contributed by atoms with Crippen molar-refractivity contribution in [3.8, 4) is 0 Å². The summed E-state index contributed by atoms with van der Waals surface area (Å²) in [5.41, 5.74) is 0. The first-order valence-corrected chi connectivity index (χ1v) is 5.23. The van der Waals surface area contributed by atoms with E-state index >= 15 is 0 Å². The minimum atomic E-state index is -0.475. The zero-order valence-corrected chi connectivity index (χ0v) is 9.89. The average Bonchev–Trinajstić information content (AvgIpc) is 2.16. The second kappa shape index (κ2) is 7.23. The third-order valence-electron chi connectivity index (χ3n) is 2.03. The summed E-state index contributed by atoms with van der Waals surface area (Å²) >= 11 is 0. The second-order valence-corrected chi connectivity index (χ2v) is 3.93. The van der Waals surface area contributed by atoms with Crippen LogP contribution in [-0.2, 0) is 4.79 Å². The van der Waals surface area contributed by atoms with E-state index in [1.807, 2.05) is 0 Å². The van der Waals surface area contributed by atoms with E-state index in [2.05, 4.69) is 29.8 Å². The van der Waals surface area contributed by atoms with Gasteiger partial charge in [-0.1, -0.05) is 13.8 Å². The summed E-state index contributed by atoms with van der Waals surface area (Å²) in [5.74, 6) is 0.296. The van der Waals surface area contributed by atoms with Crippen LogP contribution in [-0.4, -0.2) is 31.6 Å². The molecule has 0 aromatic carbocycles. The highest BCUT2D eigenvalue weighted by Crippen LogP contribution is 1.96. The first kappa shape index (κ1) is 13.9. The van der Waals surface area contributed by atoms with Crippen molar-refractivity contribution in [2.75, 3.05) is 13.6 Å². The highest BCUT2D eigenvalue weighted by atomic mass is 16.2. The number of carbonyl (C=O) groups is 2. The monoisotopic (exact) mass is 215 g/mol. The molecule has 5 nitrogen and oxygen atoms in total. The van der Waals surface area contributed by atoms with Crippen molar-refractivity contribution < 1.29 is 9.59 Å². The number of nitrogens with one attached hydrogen (secondary N) is 3. The lowest BCUT2D eigenvalue weighted by molar-refractivity contribution is -0.121. The molecule has 0 spiro atoms. The third kappa shape index (κ3) is 6.90. The van der Waals surface area contributed by atoms with Gasteiger partial charge in [-0.2, -0.15) is 0 Å². The molecule has 0 radical (unpaired) electrons. The Balaban J connectivity index is 3.74. The first-order valence-electron chi connectivity index (χ1n) is 5.23. The van der Waals surface area contributed by atoms with Crippen molar-refractivity contribution in [3.63, 3.8) is 0 Å². The minimum Gasteiger partial charge on any atom is -0.341 e. The molecule has 1 atom stereocenters. The van der Waals surface area contributed by atoms with Gasteiger partial charge in [-0.15, -0.1) is 0 Å². The molecule has 0 saturated heterocycles. The van der Waals surface area contributed by atoms with Crippen LogP contribution in [0.4, 0.5) is 4.79 Å². The number of imide groups is 1. The van der Waals surface area contributed by atoms with Gasteiger partial charge in [0.15, 0.2) is 0 Å². The van der Waals surface area contributed by atoms with Crippen molar-refractivity contribution in [3.05, 3.63) is 0 Å². The van der Waals surface area contributed by atoms with E-state index < -0.39 is 6.03 Å². The zero-order chi connectivity index (χ0) is 11.8. The molecule has 0 aromatic heterocycles. The van der Waals surface area contributed by atoms with Gasteiger partial charge >= 0.3 is 6.03 Å². The molecule has 0 rings (SSSR count). The van der Waals surface area contributed by atoms with Crippen LogP contribution in [0.15, 0.2) is 0 Å². The molecule has 0 aliphatic carbocycles. The van der Waals surface area contributed by atoms with Crippen molar-refractivity contribution in [1.29, 1.82) is 0 Å². The maximum atomic E-state index is 11.4. The molecule has 0 aromatic rings. The molecular formula is C10H21N3O2. The highest BCUT2D eigenvalue weighted by molar-refractivity contribution is 5.96. The fourth-order valence-corrected chi connectivity index (χ4v) is 0.964. The molecule has 3 amide bonds. The Morgan fingerprint density at radius 2 is 1.80 bits per heavy atom. The minimum absolute atomic E-state index is 0.307. The summed E-state index contributed by atoms with van der Waals surface area (Å²) in [6.07, 6.45) is 1.01. The van der Waals surface area contributed by atoms with Gasteiger partial charge in [0.05, 0.1) is 6.04 Å². The molecule has 1 unspecified atom stereocenters. The largest absolute Gasteiger partial charge is 0.341 e. The summed E-state index contributed by atoms with van der Waals surface area (Å²) in [4.78, 5) is 22.2. The molecule has 0 heterocycles. The van der Waals surface area contributed by atoms with Crippen LogP contribution < -0.4 is 16.0 Å². The second-order valence-electron chi connectivity index (χ2n) is 3.93. The Bertz CT molecular complexity index is 217. The molecule has 0 saturated carbocycles. The van der Waals surface area contributed by atoms with Gasteiger partial charge in [0.25, 0.3) is 0 Å². The molecular weight excluding hydrogens is 194 g/mol. The number of hydrogen-bond donors (Lipinski definition) is 3. The molecule has 0 bridgehead atoms. The lowest BCUT2D eigenvalue weighted by Gasteiger charge is -2.13. The maximum Gasteiger partial charge on any atom is 0.321 e. The van der Waals surface area contributed by atoms with Gasteiger partial charge in [-0.05, 0) is 25.8 Å². The Morgan fingerprint density at radius 3 is 2.27 bits per heavy atom. The Hall–Kier alpha value is -1.10. The number of hydrogen-bond acceptors (Lipinski definition) is 3. The molecule has 88 valence electrons. The van der Waals surface area contributed by atoms with Crippen LogP contribution >= 0.6 is 0 Å². The summed E-state index contributed by atoms with van der Waals surface area (Å²) < 4.78 is 0. The fraction of sp³-hybridized carbons (Fsp3) is 0.800. The number of rotatable bonds is 5. The van der Waals surface area contributed by atoms with E-state index in [9.17, 15) is 9.59 Å². The predicted octanol–water partition coefficient (Wildman–Crippen LogP) is 0.466. The summed E-state index contributed by atoms with van der Waals surface area (Å²) in [7, 11) is 1.47. The smallest absolute Gasteiger partial charge is 0.321 e. The van der Waals surface area contributed by atoms with Crippen LogP contribution in [0.5, 0.6) is 0 Å². The van der Waals surface area contributed by atoms with Crippen LogP contribution in [0.1, 0.15) is 27.2 Å². The number of amides is 3. The number of urea groups is 1. The topological polar surface area (TPSA) is 70.2 Å². The summed E-state index contributed by atoms with van der Waals surface area (Å²) in [6.45, 7) is 6.76. The van der Waals surface area contributed by atoms with Gasteiger partial charge in [0, 0.05) is 7.05 Å².